The third-order valence-electron chi connectivity index (χ3n) is 9.82. The largest absolute Gasteiger partial charge is 0.481 e. The van der Waals surface area contributed by atoms with Crippen molar-refractivity contribution in [3.63, 3.8) is 0 Å². The van der Waals surface area contributed by atoms with E-state index in [1.165, 1.54) is 12.5 Å². The van der Waals surface area contributed by atoms with Gasteiger partial charge < -0.3 is 64.6 Å². The number of amides is 6. The summed E-state index contributed by atoms with van der Waals surface area (Å²) in [5.74, 6) is -5.36. The number of guanidine groups is 1. The molecular weight excluding hydrogens is 791 g/mol. The number of aromatic nitrogens is 3. The van der Waals surface area contributed by atoms with E-state index in [-0.39, 0.29) is 70.3 Å². The summed E-state index contributed by atoms with van der Waals surface area (Å²) in [5.41, 5.74) is 24.3. The molecule has 0 aliphatic heterocycles. The number of fused-ring (bicyclic) bond motifs is 1. The molecule has 2 heterocycles. The summed E-state index contributed by atoms with van der Waals surface area (Å²) in [7, 11) is 0. The highest BCUT2D eigenvalue weighted by Crippen LogP contribution is 2.20. The zero-order chi connectivity index (χ0) is 44.7. The Morgan fingerprint density at radius 1 is 0.721 bits per heavy atom. The molecule has 3 rings (SSSR count). The number of rotatable bonds is 29. The molecule has 6 amide bonds. The van der Waals surface area contributed by atoms with Crippen LogP contribution in [0.15, 0.2) is 48.0 Å². The molecule has 16 N–H and O–H groups in total. The fourth-order valence-electron chi connectivity index (χ4n) is 6.54. The first-order chi connectivity index (χ1) is 29.2. The van der Waals surface area contributed by atoms with Crippen molar-refractivity contribution in [3.05, 3.63) is 54.2 Å². The molecule has 2 aromatic heterocycles. The number of hydrogen-bond donors (Lipinski definition) is 12. The maximum atomic E-state index is 14.3. The van der Waals surface area contributed by atoms with Crippen molar-refractivity contribution in [1.29, 1.82) is 0 Å². The van der Waals surface area contributed by atoms with E-state index in [1.807, 2.05) is 31.2 Å². The van der Waals surface area contributed by atoms with Gasteiger partial charge in [-0.25, -0.2) is 4.98 Å². The van der Waals surface area contributed by atoms with Gasteiger partial charge in [0.25, 0.3) is 0 Å². The minimum atomic E-state index is -1.26. The number of carbonyl (C=O) groups is 7. The van der Waals surface area contributed by atoms with Crippen molar-refractivity contribution < 1.29 is 38.7 Å². The van der Waals surface area contributed by atoms with Crippen LogP contribution in [0.5, 0.6) is 0 Å². The molecule has 5 atom stereocenters. The number of unbranched alkanes of at least 4 members (excludes halogenated alkanes) is 2. The van der Waals surface area contributed by atoms with Crippen molar-refractivity contribution in [1.82, 2.24) is 41.5 Å². The second-order valence-electron chi connectivity index (χ2n) is 14.7. The van der Waals surface area contributed by atoms with Crippen molar-refractivity contribution in [2.24, 2.45) is 27.9 Å². The smallest absolute Gasteiger partial charge is 0.303 e. The third kappa shape index (κ3) is 17.3. The van der Waals surface area contributed by atoms with Gasteiger partial charge in [-0.2, -0.15) is 0 Å². The Morgan fingerprint density at radius 2 is 1.33 bits per heavy atom. The van der Waals surface area contributed by atoms with E-state index in [0.717, 1.165) is 10.9 Å². The number of para-hydroxylation sites is 1. The predicted octanol–water partition coefficient (Wildman–Crippen LogP) is -0.787. The van der Waals surface area contributed by atoms with E-state index in [4.69, 9.17) is 28.0 Å². The van der Waals surface area contributed by atoms with Crippen LogP contribution >= 0.6 is 0 Å². The Hall–Kier alpha value is -6.51. The molecule has 0 saturated carbocycles. The number of carboxylic acid groups (broad SMARTS) is 1. The van der Waals surface area contributed by atoms with E-state index < -0.39 is 71.6 Å². The number of nitrogens with one attached hydrogen (secondary N) is 7. The summed E-state index contributed by atoms with van der Waals surface area (Å²) >= 11 is 0. The average molecular weight is 852 g/mol. The van der Waals surface area contributed by atoms with E-state index in [0.29, 0.717) is 43.5 Å². The Morgan fingerprint density at radius 3 is 1.93 bits per heavy atom. The van der Waals surface area contributed by atoms with Crippen molar-refractivity contribution in [2.45, 2.75) is 121 Å². The van der Waals surface area contributed by atoms with Crippen LogP contribution in [0.25, 0.3) is 10.9 Å². The lowest BCUT2D eigenvalue weighted by Crippen LogP contribution is -2.59. The number of aliphatic carboxylic acids is 1. The highest BCUT2D eigenvalue weighted by molar-refractivity contribution is 5.97. The maximum absolute atomic E-state index is 14.3. The summed E-state index contributed by atoms with van der Waals surface area (Å²) in [6.07, 6.45) is 7.19. The number of nitrogens with zero attached hydrogens (tertiary/aromatic N) is 2. The molecule has 1 aromatic carbocycles. The number of imidazole rings is 1. The highest BCUT2D eigenvalue weighted by Gasteiger charge is 2.33. The predicted molar refractivity (Wildman–Crippen MR) is 227 cm³/mol. The highest BCUT2D eigenvalue weighted by atomic mass is 16.4. The Bertz CT molecular complexity index is 1930. The standard InChI is InChI=1S/C40H61N13O8/c1-2-3-11-29(52-39(61)32(20-25-22-45-23-48-25)49-33(54)15-8-16-34(55)56)36(58)51-30(14-9-18-46-40(43)44)37(59)53-31(19-24-21-47-27-12-5-4-10-26(24)27)38(60)50-28(35(42)57)13-6-7-17-41/h4-5,10,12,21-23,28-32,47H,2-3,6-9,11,13-20,41H2,1H3,(H2,42,57)(H,45,48)(H,49,54)(H,50,60)(H,51,58)(H,52,61)(H,53,59)(H,55,56)(H4,43,44,46)/t28-,29+,30-,31-,32-/m0/s1. The minimum absolute atomic E-state index is 0.000530. The Labute approximate surface area is 353 Å². The van der Waals surface area contributed by atoms with Gasteiger partial charge >= 0.3 is 5.97 Å². The van der Waals surface area contributed by atoms with Gasteiger partial charge in [0.15, 0.2) is 5.96 Å². The van der Waals surface area contributed by atoms with Gasteiger partial charge in [-0.1, -0.05) is 38.0 Å². The quantitative estimate of drug-likeness (QED) is 0.0232. The fraction of sp³-hybridized carbons (Fsp3) is 0.525. The van der Waals surface area contributed by atoms with E-state index in [9.17, 15) is 33.6 Å². The van der Waals surface area contributed by atoms with E-state index >= 15 is 0 Å². The number of hydrogen-bond acceptors (Lipinski definition) is 10. The first kappa shape index (κ1) is 48.9. The van der Waals surface area contributed by atoms with Gasteiger partial charge in [0.05, 0.1) is 6.33 Å². The van der Waals surface area contributed by atoms with Crippen LogP contribution in [0.1, 0.15) is 88.8 Å². The zero-order valence-electron chi connectivity index (χ0n) is 34.5. The Kier molecular flexibility index (Phi) is 20.7. The number of benzene rings is 1. The number of nitrogens with two attached hydrogens (primary N) is 4. The lowest BCUT2D eigenvalue weighted by atomic mass is 10.0. The van der Waals surface area contributed by atoms with Gasteiger partial charge in [-0.05, 0) is 63.1 Å². The van der Waals surface area contributed by atoms with Gasteiger partial charge in [0.2, 0.25) is 35.4 Å². The van der Waals surface area contributed by atoms with E-state index in [1.54, 1.807) is 6.20 Å². The molecule has 0 aliphatic carbocycles. The number of primary amides is 1. The normalized spacial score (nSPS) is 13.5. The van der Waals surface area contributed by atoms with Crippen LogP contribution in [0.2, 0.25) is 0 Å². The summed E-state index contributed by atoms with van der Waals surface area (Å²) in [4.78, 5) is 106. The van der Waals surface area contributed by atoms with E-state index in [2.05, 4.69) is 46.5 Å². The maximum Gasteiger partial charge on any atom is 0.303 e. The molecule has 0 aliphatic rings. The summed E-state index contributed by atoms with van der Waals surface area (Å²) in [6.45, 7) is 2.40. The SMILES string of the molecule is CCCC[C@@H](NC(=O)[C@H](Cc1cnc[nH]1)NC(=O)CCCC(=O)O)C(=O)N[C@@H](CCCN=C(N)N)C(=O)N[C@@H](Cc1c[nH]c2ccccc12)C(=O)N[C@@H](CCCCN)C(N)=O. The molecule has 0 radical (unpaired) electrons. The number of aliphatic imine (C=N–C) groups is 1. The zero-order valence-corrected chi connectivity index (χ0v) is 34.5. The monoisotopic (exact) mass is 851 g/mol. The number of aromatic amines is 2. The topological polar surface area (TPSA) is 361 Å². The average Bonchev–Trinajstić information content (AvgIpc) is 3.89. The Balaban J connectivity index is 1.90. The minimum Gasteiger partial charge on any atom is -0.481 e. The van der Waals surface area contributed by atoms with Crippen molar-refractivity contribution in [3.8, 4) is 0 Å². The van der Waals surface area contributed by atoms with Gasteiger partial charge in [-0.15, -0.1) is 0 Å². The molecule has 21 nitrogen and oxygen atoms in total. The molecule has 61 heavy (non-hydrogen) atoms. The molecule has 21 heteroatoms. The molecule has 3 aromatic rings. The van der Waals surface area contributed by atoms with Crippen molar-refractivity contribution in [2.75, 3.05) is 13.1 Å². The van der Waals surface area contributed by atoms with Crippen LogP contribution < -0.4 is 49.5 Å². The summed E-state index contributed by atoms with van der Waals surface area (Å²) in [6, 6.07) is 1.54. The molecule has 0 spiro atoms. The molecule has 0 saturated heterocycles. The van der Waals surface area contributed by atoms with Gasteiger partial charge in [0, 0.05) is 61.2 Å². The molecular formula is C40H61N13O8. The number of carbonyl (C=O) groups excluding carboxylic acids is 6. The number of H-pyrrole nitrogens is 2. The van der Waals surface area contributed by atoms with Crippen LogP contribution in [-0.4, -0.2) is 111 Å². The number of carboxylic acids is 1. The second kappa shape index (κ2) is 25.9. The van der Waals surface area contributed by atoms with Crippen LogP contribution in [0, 0.1) is 0 Å². The summed E-state index contributed by atoms with van der Waals surface area (Å²) < 4.78 is 0. The summed E-state index contributed by atoms with van der Waals surface area (Å²) in [5, 5.41) is 23.4. The first-order valence-electron chi connectivity index (χ1n) is 20.5. The lowest BCUT2D eigenvalue weighted by molar-refractivity contribution is -0.137. The van der Waals surface area contributed by atoms with Gasteiger partial charge in [0.1, 0.15) is 30.2 Å². The molecule has 0 unspecified atom stereocenters. The van der Waals surface area contributed by atoms with Crippen molar-refractivity contribution >= 4 is 58.3 Å². The molecule has 334 valence electrons. The van der Waals surface area contributed by atoms with Gasteiger partial charge in [-0.3, -0.25) is 38.6 Å². The van der Waals surface area contributed by atoms with Crippen LogP contribution in [-0.2, 0) is 46.4 Å². The first-order valence-corrected chi connectivity index (χ1v) is 20.5. The fourth-order valence-corrected chi connectivity index (χ4v) is 6.54. The molecule has 0 bridgehead atoms. The van der Waals surface area contributed by atoms with Crippen LogP contribution in [0.3, 0.4) is 0 Å². The third-order valence-corrected chi connectivity index (χ3v) is 9.82. The second-order valence-corrected chi connectivity index (χ2v) is 14.7. The van der Waals surface area contributed by atoms with Crippen LogP contribution in [0.4, 0.5) is 0 Å². The molecule has 0 fully saturated rings. The lowest BCUT2D eigenvalue weighted by Gasteiger charge is -2.27.